The van der Waals surface area contributed by atoms with E-state index < -0.39 is 12.0 Å². The first-order valence-electron chi connectivity index (χ1n) is 5.63. The van der Waals surface area contributed by atoms with Crippen molar-refractivity contribution in [1.82, 2.24) is 15.5 Å². The number of urea groups is 1. The lowest BCUT2D eigenvalue weighted by molar-refractivity contribution is -0.140. The molecule has 7 nitrogen and oxygen atoms in total. The Bertz CT molecular complexity index is 264. The minimum absolute atomic E-state index is 0.0346. The summed E-state index contributed by atoms with van der Waals surface area (Å²) in [5.41, 5.74) is 0. The molecule has 0 saturated carbocycles. The third-order valence-electron chi connectivity index (χ3n) is 2.56. The number of carboxylic acids is 1. The van der Waals surface area contributed by atoms with Gasteiger partial charge in [-0.05, 0) is 13.0 Å². The number of methoxy groups -OCH3 is 1. The highest BCUT2D eigenvalue weighted by Crippen LogP contribution is 1.97. The molecule has 1 saturated heterocycles. The molecule has 0 radical (unpaired) electrons. The van der Waals surface area contributed by atoms with Gasteiger partial charge in [0.2, 0.25) is 0 Å². The highest BCUT2D eigenvalue weighted by atomic mass is 16.5. The fourth-order valence-electron chi connectivity index (χ4n) is 1.63. The predicted octanol–water partition coefficient (Wildman–Crippen LogP) is -0.909. The number of aliphatic carboxylic acids is 1. The summed E-state index contributed by atoms with van der Waals surface area (Å²) in [6.45, 7) is 2.80. The summed E-state index contributed by atoms with van der Waals surface area (Å²) in [6, 6.07) is -1.35. The molecule has 0 spiro atoms. The zero-order valence-corrected chi connectivity index (χ0v) is 9.94. The first kappa shape index (κ1) is 13.7. The maximum atomic E-state index is 11.8. The number of nitrogens with one attached hydrogen (secondary N) is 2. The number of ether oxygens (including phenoxy) is 1. The molecule has 1 rings (SSSR count). The highest BCUT2D eigenvalue weighted by molar-refractivity contribution is 5.82. The molecule has 2 amide bonds. The summed E-state index contributed by atoms with van der Waals surface area (Å²) in [5, 5.41) is 14.5. The molecule has 1 fully saturated rings. The van der Waals surface area contributed by atoms with Crippen LogP contribution in [0, 0.1) is 0 Å². The van der Waals surface area contributed by atoms with E-state index in [1.807, 2.05) is 0 Å². The monoisotopic (exact) mass is 245 g/mol. The van der Waals surface area contributed by atoms with Gasteiger partial charge in [-0.25, -0.2) is 9.59 Å². The molecule has 98 valence electrons. The molecule has 3 N–H and O–H groups in total. The van der Waals surface area contributed by atoms with Gasteiger partial charge in [0.25, 0.3) is 0 Å². The average Bonchev–Trinajstić information content (AvgIpc) is 2.56. The standard InChI is InChI=1S/C10H19N3O4/c1-17-7-8(9(14)15)12-10(16)13-5-2-3-11-4-6-13/h8,11H,2-7H2,1H3,(H,12,16)(H,14,15). The van der Waals surface area contributed by atoms with Gasteiger partial charge in [-0.3, -0.25) is 0 Å². The molecule has 7 heteroatoms. The van der Waals surface area contributed by atoms with Crippen molar-refractivity contribution in [2.75, 3.05) is 39.9 Å². The quantitative estimate of drug-likeness (QED) is 0.596. The van der Waals surface area contributed by atoms with Crippen LogP contribution in [0.5, 0.6) is 0 Å². The molecular formula is C10H19N3O4. The minimum Gasteiger partial charge on any atom is -0.480 e. The van der Waals surface area contributed by atoms with E-state index in [2.05, 4.69) is 10.6 Å². The van der Waals surface area contributed by atoms with E-state index in [0.717, 1.165) is 19.5 Å². The summed E-state index contributed by atoms with van der Waals surface area (Å²) in [4.78, 5) is 24.3. The van der Waals surface area contributed by atoms with Crippen molar-refractivity contribution in [3.8, 4) is 0 Å². The third kappa shape index (κ3) is 4.58. The molecule has 1 atom stereocenters. The van der Waals surface area contributed by atoms with Crippen molar-refractivity contribution in [2.24, 2.45) is 0 Å². The lowest BCUT2D eigenvalue weighted by Crippen LogP contribution is -2.50. The van der Waals surface area contributed by atoms with E-state index in [-0.39, 0.29) is 12.6 Å². The Balaban J connectivity index is 2.47. The Morgan fingerprint density at radius 3 is 2.88 bits per heavy atom. The Hall–Kier alpha value is -1.34. The molecule has 1 unspecified atom stereocenters. The van der Waals surface area contributed by atoms with Crippen LogP contribution in [0.4, 0.5) is 4.79 Å². The van der Waals surface area contributed by atoms with Crippen LogP contribution in [0.15, 0.2) is 0 Å². The number of carboxylic acid groups (broad SMARTS) is 1. The number of hydrogen-bond donors (Lipinski definition) is 3. The Labute approximate surface area is 100 Å². The van der Waals surface area contributed by atoms with E-state index in [4.69, 9.17) is 9.84 Å². The van der Waals surface area contributed by atoms with Gasteiger partial charge in [-0.15, -0.1) is 0 Å². The lowest BCUT2D eigenvalue weighted by atomic mass is 10.3. The van der Waals surface area contributed by atoms with E-state index in [1.165, 1.54) is 7.11 Å². The van der Waals surface area contributed by atoms with Crippen LogP contribution in [0.1, 0.15) is 6.42 Å². The molecular weight excluding hydrogens is 226 g/mol. The van der Waals surface area contributed by atoms with Gasteiger partial charge in [0, 0.05) is 26.7 Å². The van der Waals surface area contributed by atoms with Gasteiger partial charge < -0.3 is 25.4 Å². The molecule has 0 aliphatic carbocycles. The van der Waals surface area contributed by atoms with Crippen molar-refractivity contribution in [2.45, 2.75) is 12.5 Å². The van der Waals surface area contributed by atoms with Gasteiger partial charge in [0.05, 0.1) is 6.61 Å². The van der Waals surface area contributed by atoms with Crippen molar-refractivity contribution in [3.63, 3.8) is 0 Å². The molecule has 1 aliphatic rings. The third-order valence-corrected chi connectivity index (χ3v) is 2.56. The first-order chi connectivity index (χ1) is 8.15. The Morgan fingerprint density at radius 1 is 1.47 bits per heavy atom. The number of rotatable bonds is 4. The SMILES string of the molecule is COCC(NC(=O)N1CCCNCC1)C(=O)O. The summed E-state index contributed by atoms with van der Waals surface area (Å²) in [5.74, 6) is -1.09. The number of amides is 2. The van der Waals surface area contributed by atoms with Crippen molar-refractivity contribution in [3.05, 3.63) is 0 Å². The second-order valence-electron chi connectivity index (χ2n) is 3.89. The molecule has 0 aromatic carbocycles. The Kier molecular flexibility index (Phi) is 5.71. The summed E-state index contributed by atoms with van der Waals surface area (Å²) in [7, 11) is 1.40. The maximum Gasteiger partial charge on any atom is 0.328 e. The van der Waals surface area contributed by atoms with E-state index >= 15 is 0 Å². The van der Waals surface area contributed by atoms with Crippen LogP contribution in [0.2, 0.25) is 0 Å². The molecule has 1 aliphatic heterocycles. The van der Waals surface area contributed by atoms with Gasteiger partial charge in [-0.2, -0.15) is 0 Å². The van der Waals surface area contributed by atoms with Crippen LogP contribution < -0.4 is 10.6 Å². The second-order valence-corrected chi connectivity index (χ2v) is 3.89. The number of nitrogens with zero attached hydrogens (tertiary/aromatic N) is 1. The van der Waals surface area contributed by atoms with Gasteiger partial charge >= 0.3 is 12.0 Å². The zero-order valence-electron chi connectivity index (χ0n) is 9.94. The molecule has 1 heterocycles. The molecule has 0 aromatic heterocycles. The summed E-state index contributed by atoms with van der Waals surface area (Å²) < 4.78 is 4.75. The molecule has 0 bridgehead atoms. The molecule has 0 aromatic rings. The van der Waals surface area contributed by atoms with Gasteiger partial charge in [0.1, 0.15) is 0 Å². The smallest absolute Gasteiger partial charge is 0.328 e. The van der Waals surface area contributed by atoms with Crippen molar-refractivity contribution >= 4 is 12.0 Å². The fraction of sp³-hybridized carbons (Fsp3) is 0.800. The molecule has 17 heavy (non-hydrogen) atoms. The second kappa shape index (κ2) is 7.08. The van der Waals surface area contributed by atoms with Crippen LogP contribution >= 0.6 is 0 Å². The fourth-order valence-corrected chi connectivity index (χ4v) is 1.63. The first-order valence-corrected chi connectivity index (χ1v) is 5.63. The number of carbonyl (C=O) groups is 2. The van der Waals surface area contributed by atoms with Crippen LogP contribution in [0.25, 0.3) is 0 Å². The van der Waals surface area contributed by atoms with E-state index in [9.17, 15) is 9.59 Å². The lowest BCUT2D eigenvalue weighted by Gasteiger charge is -2.23. The normalized spacial score (nSPS) is 18.3. The zero-order chi connectivity index (χ0) is 12.7. The Morgan fingerprint density at radius 2 is 2.24 bits per heavy atom. The average molecular weight is 245 g/mol. The maximum absolute atomic E-state index is 11.8. The number of carbonyl (C=O) groups excluding carboxylic acids is 1. The van der Waals surface area contributed by atoms with E-state index in [0.29, 0.717) is 13.1 Å². The van der Waals surface area contributed by atoms with Gasteiger partial charge in [0.15, 0.2) is 6.04 Å². The topological polar surface area (TPSA) is 90.9 Å². The predicted molar refractivity (Wildman–Crippen MR) is 60.9 cm³/mol. The highest BCUT2D eigenvalue weighted by Gasteiger charge is 2.23. The summed E-state index contributed by atoms with van der Waals surface area (Å²) >= 11 is 0. The number of hydrogen-bond acceptors (Lipinski definition) is 4. The van der Waals surface area contributed by atoms with E-state index in [1.54, 1.807) is 4.90 Å². The van der Waals surface area contributed by atoms with Crippen molar-refractivity contribution in [1.29, 1.82) is 0 Å². The minimum atomic E-state index is -1.09. The van der Waals surface area contributed by atoms with Crippen molar-refractivity contribution < 1.29 is 19.4 Å². The van der Waals surface area contributed by atoms with Crippen LogP contribution in [0.3, 0.4) is 0 Å². The van der Waals surface area contributed by atoms with Crippen LogP contribution in [-0.4, -0.2) is 67.9 Å². The largest absolute Gasteiger partial charge is 0.480 e. The van der Waals surface area contributed by atoms with Gasteiger partial charge in [-0.1, -0.05) is 0 Å². The summed E-state index contributed by atoms with van der Waals surface area (Å²) in [6.07, 6.45) is 0.870. The van der Waals surface area contributed by atoms with Crippen LogP contribution in [-0.2, 0) is 9.53 Å².